The van der Waals surface area contributed by atoms with Crippen molar-refractivity contribution in [3.63, 3.8) is 0 Å². The van der Waals surface area contributed by atoms with Crippen LogP contribution in [0.3, 0.4) is 0 Å². The second kappa shape index (κ2) is 9.65. The van der Waals surface area contributed by atoms with Crippen molar-refractivity contribution in [2.75, 3.05) is 12.4 Å². The molecule has 0 spiro atoms. The van der Waals surface area contributed by atoms with Crippen molar-refractivity contribution in [3.05, 3.63) is 83.5 Å². The molecule has 30 heavy (non-hydrogen) atoms. The van der Waals surface area contributed by atoms with Gasteiger partial charge in [-0.1, -0.05) is 54.2 Å². The Labute approximate surface area is 184 Å². The van der Waals surface area contributed by atoms with Crippen LogP contribution < -0.4 is 14.8 Å². The lowest BCUT2D eigenvalue weighted by atomic mass is 10.2. The van der Waals surface area contributed by atoms with Crippen molar-refractivity contribution >= 4 is 34.0 Å². The fourth-order valence-corrected chi connectivity index (χ4v) is 4.38. The zero-order chi connectivity index (χ0) is 20.8. The standard InChI is InChI=1S/C23H21N3O2S2/c1-16-15-29-23(25-16)26-22-20(28-14-17-8-4-3-5-9-17)12-18(13-24-22)30-21-11-7-6-10-19(21)27-2/h3-13,15H,14H2,1-2H3,(H,24,25,26). The number of hydrogen-bond acceptors (Lipinski definition) is 7. The number of benzene rings is 2. The first-order valence-corrected chi connectivity index (χ1v) is 11.1. The highest BCUT2D eigenvalue weighted by molar-refractivity contribution is 7.99. The number of nitrogens with one attached hydrogen (secondary N) is 1. The van der Waals surface area contributed by atoms with E-state index in [0.29, 0.717) is 18.2 Å². The number of aryl methyl sites for hydroxylation is 1. The van der Waals surface area contributed by atoms with E-state index in [4.69, 9.17) is 9.47 Å². The molecular weight excluding hydrogens is 414 g/mol. The summed E-state index contributed by atoms with van der Waals surface area (Å²) in [5.41, 5.74) is 2.06. The molecule has 2 aromatic heterocycles. The first kappa shape index (κ1) is 20.3. The van der Waals surface area contributed by atoms with Crippen LogP contribution in [0, 0.1) is 6.92 Å². The Hall–Kier alpha value is -3.03. The minimum Gasteiger partial charge on any atom is -0.496 e. The van der Waals surface area contributed by atoms with Gasteiger partial charge in [0.2, 0.25) is 0 Å². The van der Waals surface area contributed by atoms with Gasteiger partial charge < -0.3 is 14.8 Å². The van der Waals surface area contributed by atoms with Crippen molar-refractivity contribution in [2.24, 2.45) is 0 Å². The number of rotatable bonds is 8. The van der Waals surface area contributed by atoms with Gasteiger partial charge in [0.1, 0.15) is 12.4 Å². The van der Waals surface area contributed by atoms with Gasteiger partial charge in [-0.05, 0) is 30.7 Å². The molecule has 4 aromatic rings. The summed E-state index contributed by atoms with van der Waals surface area (Å²) >= 11 is 3.13. The van der Waals surface area contributed by atoms with Crippen LogP contribution >= 0.6 is 23.1 Å². The molecule has 0 aliphatic heterocycles. The van der Waals surface area contributed by atoms with Crippen LogP contribution in [0.4, 0.5) is 10.9 Å². The van der Waals surface area contributed by atoms with Crippen LogP contribution in [0.25, 0.3) is 0 Å². The summed E-state index contributed by atoms with van der Waals surface area (Å²) in [4.78, 5) is 11.1. The first-order chi connectivity index (χ1) is 14.7. The van der Waals surface area contributed by atoms with Gasteiger partial charge in [-0.3, -0.25) is 0 Å². The Morgan fingerprint density at radius 3 is 2.60 bits per heavy atom. The zero-order valence-electron chi connectivity index (χ0n) is 16.7. The largest absolute Gasteiger partial charge is 0.496 e. The molecule has 0 saturated heterocycles. The second-order valence-electron chi connectivity index (χ2n) is 6.46. The smallest absolute Gasteiger partial charge is 0.188 e. The average molecular weight is 436 g/mol. The average Bonchev–Trinajstić information content (AvgIpc) is 3.19. The van der Waals surface area contributed by atoms with E-state index in [1.54, 1.807) is 18.9 Å². The Bertz CT molecular complexity index is 1120. The number of para-hydroxylation sites is 1. The van der Waals surface area contributed by atoms with Crippen LogP contribution in [-0.4, -0.2) is 17.1 Å². The number of hydrogen-bond donors (Lipinski definition) is 1. The molecule has 0 bridgehead atoms. The van der Waals surface area contributed by atoms with Crippen LogP contribution in [0.5, 0.6) is 11.5 Å². The van der Waals surface area contributed by atoms with Crippen LogP contribution in [0.15, 0.2) is 82.0 Å². The van der Waals surface area contributed by atoms with Gasteiger partial charge in [0.15, 0.2) is 16.7 Å². The number of methoxy groups -OCH3 is 1. The van der Waals surface area contributed by atoms with Crippen molar-refractivity contribution in [1.82, 2.24) is 9.97 Å². The van der Waals surface area contributed by atoms with E-state index in [1.807, 2.05) is 79.2 Å². The lowest BCUT2D eigenvalue weighted by Crippen LogP contribution is -2.01. The summed E-state index contributed by atoms with van der Waals surface area (Å²) in [7, 11) is 1.68. The molecule has 7 heteroatoms. The normalized spacial score (nSPS) is 10.6. The lowest BCUT2D eigenvalue weighted by molar-refractivity contribution is 0.306. The summed E-state index contributed by atoms with van der Waals surface area (Å²) in [5.74, 6) is 2.14. The summed E-state index contributed by atoms with van der Waals surface area (Å²) in [5, 5.41) is 6.07. The van der Waals surface area contributed by atoms with Crippen LogP contribution in [-0.2, 0) is 6.61 Å². The third-order valence-corrected chi connectivity index (χ3v) is 6.10. The Morgan fingerprint density at radius 2 is 1.83 bits per heavy atom. The van der Waals surface area contributed by atoms with Gasteiger partial charge in [0, 0.05) is 16.5 Å². The Balaban J connectivity index is 1.60. The topological polar surface area (TPSA) is 56.3 Å². The molecule has 0 radical (unpaired) electrons. The van der Waals surface area contributed by atoms with Crippen LogP contribution in [0.2, 0.25) is 0 Å². The summed E-state index contributed by atoms with van der Waals surface area (Å²) in [6, 6.07) is 20.0. The van der Waals surface area contributed by atoms with Crippen molar-refractivity contribution in [3.8, 4) is 11.5 Å². The van der Waals surface area contributed by atoms with Crippen molar-refractivity contribution in [1.29, 1.82) is 0 Å². The second-order valence-corrected chi connectivity index (χ2v) is 8.44. The first-order valence-electron chi connectivity index (χ1n) is 9.38. The minimum absolute atomic E-state index is 0.455. The third kappa shape index (κ3) is 5.11. The highest BCUT2D eigenvalue weighted by Gasteiger charge is 2.12. The fraction of sp³-hybridized carbons (Fsp3) is 0.130. The molecule has 0 aliphatic rings. The van der Waals surface area contributed by atoms with Crippen LogP contribution in [0.1, 0.15) is 11.3 Å². The molecule has 2 aromatic carbocycles. The van der Waals surface area contributed by atoms with E-state index in [0.717, 1.165) is 31.9 Å². The van der Waals surface area contributed by atoms with Gasteiger partial charge in [0.25, 0.3) is 0 Å². The van der Waals surface area contributed by atoms with E-state index in [2.05, 4.69) is 15.3 Å². The van der Waals surface area contributed by atoms with Gasteiger partial charge in [-0.15, -0.1) is 11.3 Å². The predicted octanol–water partition coefficient (Wildman–Crippen LogP) is 6.33. The highest BCUT2D eigenvalue weighted by atomic mass is 32.2. The molecule has 0 aliphatic carbocycles. The molecule has 4 rings (SSSR count). The lowest BCUT2D eigenvalue weighted by Gasteiger charge is -2.13. The van der Waals surface area contributed by atoms with E-state index in [9.17, 15) is 0 Å². The molecule has 5 nitrogen and oxygen atoms in total. The Kier molecular flexibility index (Phi) is 6.51. The number of anilines is 2. The van der Waals surface area contributed by atoms with Gasteiger partial charge in [-0.2, -0.15) is 0 Å². The maximum absolute atomic E-state index is 6.14. The van der Waals surface area contributed by atoms with E-state index >= 15 is 0 Å². The summed E-state index contributed by atoms with van der Waals surface area (Å²) < 4.78 is 11.6. The molecular formula is C23H21N3O2S2. The number of aromatic nitrogens is 2. The zero-order valence-corrected chi connectivity index (χ0v) is 18.3. The molecule has 0 atom stereocenters. The molecule has 2 heterocycles. The molecule has 0 amide bonds. The van der Waals surface area contributed by atoms with Crippen molar-refractivity contribution in [2.45, 2.75) is 23.3 Å². The SMILES string of the molecule is COc1ccccc1Sc1cnc(Nc2nc(C)cs2)c(OCc2ccccc2)c1. The third-order valence-electron chi connectivity index (χ3n) is 4.21. The summed E-state index contributed by atoms with van der Waals surface area (Å²) in [6.07, 6.45) is 1.83. The van der Waals surface area contributed by atoms with Gasteiger partial charge in [0.05, 0.1) is 17.7 Å². The van der Waals surface area contributed by atoms with E-state index in [-0.39, 0.29) is 0 Å². The monoisotopic (exact) mass is 435 g/mol. The quantitative estimate of drug-likeness (QED) is 0.349. The highest BCUT2D eigenvalue weighted by Crippen LogP contribution is 2.38. The number of ether oxygens (including phenoxy) is 2. The fourth-order valence-electron chi connectivity index (χ4n) is 2.76. The minimum atomic E-state index is 0.455. The number of pyridine rings is 1. The van der Waals surface area contributed by atoms with E-state index < -0.39 is 0 Å². The number of thiazole rings is 1. The van der Waals surface area contributed by atoms with Gasteiger partial charge in [-0.25, -0.2) is 9.97 Å². The molecule has 152 valence electrons. The van der Waals surface area contributed by atoms with Gasteiger partial charge >= 0.3 is 0 Å². The molecule has 0 saturated carbocycles. The van der Waals surface area contributed by atoms with Crippen molar-refractivity contribution < 1.29 is 9.47 Å². The Morgan fingerprint density at radius 1 is 1.03 bits per heavy atom. The number of nitrogens with zero attached hydrogens (tertiary/aromatic N) is 2. The maximum atomic E-state index is 6.14. The molecule has 0 unspecified atom stereocenters. The maximum Gasteiger partial charge on any atom is 0.188 e. The predicted molar refractivity (Wildman–Crippen MR) is 122 cm³/mol. The molecule has 0 fully saturated rings. The molecule has 1 N–H and O–H groups in total. The summed E-state index contributed by atoms with van der Waals surface area (Å²) in [6.45, 7) is 2.42. The van der Waals surface area contributed by atoms with E-state index in [1.165, 1.54) is 11.3 Å².